The minimum Gasteiger partial charge on any atom is -0.380 e. The summed E-state index contributed by atoms with van der Waals surface area (Å²) in [7, 11) is 0. The summed E-state index contributed by atoms with van der Waals surface area (Å²) < 4.78 is 0. The molecule has 8 heavy (non-hydrogen) atoms. The van der Waals surface area contributed by atoms with Crippen LogP contribution in [0, 0.1) is 0 Å². The fourth-order valence-corrected chi connectivity index (χ4v) is 1.83. The van der Waals surface area contributed by atoms with Crippen molar-refractivity contribution < 1.29 is 5.11 Å². The first-order valence-electron chi connectivity index (χ1n) is 3.04. The van der Waals surface area contributed by atoms with Gasteiger partial charge in [-0.1, -0.05) is 0 Å². The summed E-state index contributed by atoms with van der Waals surface area (Å²) in [4.78, 5) is -0.347. The van der Waals surface area contributed by atoms with Gasteiger partial charge in [0.05, 0.1) is 0 Å². The van der Waals surface area contributed by atoms with Crippen LogP contribution in [0.1, 0.15) is 25.7 Å². The maximum Gasteiger partial charge on any atom is 0.110 e. The fourth-order valence-electron chi connectivity index (χ4n) is 1.13. The molecule has 48 valence electrons. The molecule has 1 N–H and O–H groups in total. The van der Waals surface area contributed by atoms with E-state index in [4.69, 9.17) is 0 Å². The first kappa shape index (κ1) is 6.43. The van der Waals surface area contributed by atoms with E-state index in [1.807, 2.05) is 6.26 Å². The summed E-state index contributed by atoms with van der Waals surface area (Å²) in [5.74, 6) is 0. The zero-order chi connectivity index (χ0) is 6.04. The second-order valence-electron chi connectivity index (χ2n) is 2.36. The zero-order valence-corrected chi connectivity index (χ0v) is 6.00. The van der Waals surface area contributed by atoms with Crippen molar-refractivity contribution in [3.63, 3.8) is 0 Å². The highest BCUT2D eigenvalue weighted by atomic mass is 32.2. The van der Waals surface area contributed by atoms with E-state index >= 15 is 0 Å². The molecule has 0 aromatic rings. The van der Waals surface area contributed by atoms with Crippen molar-refractivity contribution in [1.82, 2.24) is 0 Å². The van der Waals surface area contributed by atoms with Crippen molar-refractivity contribution in [1.29, 1.82) is 0 Å². The average molecular weight is 132 g/mol. The molecule has 0 aromatic heterocycles. The Morgan fingerprint density at radius 1 is 1.38 bits per heavy atom. The van der Waals surface area contributed by atoms with Gasteiger partial charge in [-0.15, -0.1) is 11.8 Å². The first-order chi connectivity index (χ1) is 3.77. The van der Waals surface area contributed by atoms with Crippen molar-refractivity contribution in [3.8, 4) is 0 Å². The molecule has 0 heterocycles. The fraction of sp³-hybridized carbons (Fsp3) is 1.00. The van der Waals surface area contributed by atoms with Gasteiger partial charge in [-0.05, 0) is 31.9 Å². The standard InChI is InChI=1S/C6H12OS/c1-8-6(7)4-2-3-5-6/h7H,2-5H2,1H3. The van der Waals surface area contributed by atoms with E-state index < -0.39 is 0 Å². The van der Waals surface area contributed by atoms with Gasteiger partial charge in [-0.2, -0.15) is 0 Å². The van der Waals surface area contributed by atoms with Crippen molar-refractivity contribution in [2.75, 3.05) is 6.26 Å². The highest BCUT2D eigenvalue weighted by Crippen LogP contribution is 2.37. The van der Waals surface area contributed by atoms with E-state index in [-0.39, 0.29) is 4.93 Å². The molecule has 2 heteroatoms. The average Bonchev–Trinajstić information content (AvgIpc) is 2.17. The number of thioether (sulfide) groups is 1. The largest absolute Gasteiger partial charge is 0.380 e. The number of rotatable bonds is 1. The molecule has 0 atom stereocenters. The lowest BCUT2D eigenvalue weighted by molar-refractivity contribution is 0.146. The van der Waals surface area contributed by atoms with E-state index in [1.165, 1.54) is 12.8 Å². The summed E-state index contributed by atoms with van der Waals surface area (Å²) in [6, 6.07) is 0. The molecule has 0 unspecified atom stereocenters. The normalized spacial score (nSPS) is 26.2. The third-order valence-corrected chi connectivity index (χ3v) is 2.93. The molecule has 0 amide bonds. The van der Waals surface area contributed by atoms with E-state index in [0.717, 1.165) is 12.8 Å². The third kappa shape index (κ3) is 1.17. The highest BCUT2D eigenvalue weighted by Gasteiger charge is 2.29. The smallest absolute Gasteiger partial charge is 0.110 e. The summed E-state index contributed by atoms with van der Waals surface area (Å²) in [6.07, 6.45) is 6.38. The number of aliphatic hydroxyl groups is 1. The lowest BCUT2D eigenvalue weighted by Gasteiger charge is -2.17. The van der Waals surface area contributed by atoms with E-state index in [1.54, 1.807) is 11.8 Å². The maximum atomic E-state index is 9.46. The van der Waals surface area contributed by atoms with Gasteiger partial charge in [0.1, 0.15) is 4.93 Å². The van der Waals surface area contributed by atoms with Gasteiger partial charge in [-0.25, -0.2) is 0 Å². The Morgan fingerprint density at radius 3 is 2.12 bits per heavy atom. The van der Waals surface area contributed by atoms with E-state index in [9.17, 15) is 5.11 Å². The van der Waals surface area contributed by atoms with Gasteiger partial charge in [0.15, 0.2) is 0 Å². The Balaban J connectivity index is 2.40. The van der Waals surface area contributed by atoms with Crippen LogP contribution in [0.4, 0.5) is 0 Å². The van der Waals surface area contributed by atoms with Crippen LogP contribution in [-0.2, 0) is 0 Å². The minimum atomic E-state index is -0.347. The number of hydrogen-bond donors (Lipinski definition) is 1. The van der Waals surface area contributed by atoms with Crippen LogP contribution in [0.25, 0.3) is 0 Å². The topological polar surface area (TPSA) is 20.2 Å². The molecule has 0 spiro atoms. The predicted molar refractivity (Wildman–Crippen MR) is 36.9 cm³/mol. The summed E-state index contributed by atoms with van der Waals surface area (Å²) >= 11 is 1.59. The van der Waals surface area contributed by atoms with Crippen molar-refractivity contribution in [2.45, 2.75) is 30.6 Å². The molecule has 1 saturated carbocycles. The molecular weight excluding hydrogens is 120 g/mol. The second kappa shape index (κ2) is 2.28. The lowest BCUT2D eigenvalue weighted by atomic mass is 10.3. The predicted octanol–water partition coefficient (Wildman–Crippen LogP) is 1.61. The Labute approximate surface area is 54.5 Å². The molecule has 1 aliphatic carbocycles. The van der Waals surface area contributed by atoms with Gasteiger partial charge < -0.3 is 5.11 Å². The van der Waals surface area contributed by atoms with Crippen molar-refractivity contribution in [3.05, 3.63) is 0 Å². The van der Waals surface area contributed by atoms with Crippen LogP contribution < -0.4 is 0 Å². The minimum absolute atomic E-state index is 0.347. The van der Waals surface area contributed by atoms with Crippen LogP contribution >= 0.6 is 11.8 Å². The van der Waals surface area contributed by atoms with Gasteiger partial charge in [-0.3, -0.25) is 0 Å². The van der Waals surface area contributed by atoms with E-state index in [0.29, 0.717) is 0 Å². The van der Waals surface area contributed by atoms with Crippen molar-refractivity contribution in [2.24, 2.45) is 0 Å². The molecule has 1 nitrogen and oxygen atoms in total. The van der Waals surface area contributed by atoms with Gasteiger partial charge >= 0.3 is 0 Å². The van der Waals surface area contributed by atoms with Crippen LogP contribution in [-0.4, -0.2) is 16.3 Å². The molecule has 0 aromatic carbocycles. The SMILES string of the molecule is CSC1(O)CCCC1. The van der Waals surface area contributed by atoms with Crippen LogP contribution in [0.5, 0.6) is 0 Å². The van der Waals surface area contributed by atoms with Gasteiger partial charge in [0, 0.05) is 0 Å². The third-order valence-electron chi connectivity index (χ3n) is 1.76. The first-order valence-corrected chi connectivity index (χ1v) is 4.27. The molecular formula is C6H12OS. The maximum absolute atomic E-state index is 9.46. The molecule has 1 fully saturated rings. The number of hydrogen-bond acceptors (Lipinski definition) is 2. The summed E-state index contributed by atoms with van der Waals surface area (Å²) in [5, 5.41) is 9.46. The summed E-state index contributed by atoms with van der Waals surface area (Å²) in [6.45, 7) is 0. The van der Waals surface area contributed by atoms with Gasteiger partial charge in [0.25, 0.3) is 0 Å². The van der Waals surface area contributed by atoms with Crippen LogP contribution in [0.2, 0.25) is 0 Å². The van der Waals surface area contributed by atoms with E-state index in [2.05, 4.69) is 0 Å². The highest BCUT2D eigenvalue weighted by molar-refractivity contribution is 7.99. The molecule has 1 rings (SSSR count). The van der Waals surface area contributed by atoms with Crippen LogP contribution in [0.3, 0.4) is 0 Å². The van der Waals surface area contributed by atoms with Crippen LogP contribution in [0.15, 0.2) is 0 Å². The monoisotopic (exact) mass is 132 g/mol. The molecule has 0 saturated heterocycles. The molecule has 0 bridgehead atoms. The molecule has 0 radical (unpaired) electrons. The quantitative estimate of drug-likeness (QED) is 0.547. The second-order valence-corrected chi connectivity index (χ2v) is 3.53. The Hall–Kier alpha value is 0.310. The van der Waals surface area contributed by atoms with Crippen molar-refractivity contribution >= 4 is 11.8 Å². The summed E-state index contributed by atoms with van der Waals surface area (Å²) in [5.41, 5.74) is 0. The lowest BCUT2D eigenvalue weighted by Crippen LogP contribution is -2.17. The van der Waals surface area contributed by atoms with Gasteiger partial charge in [0.2, 0.25) is 0 Å². The Kier molecular flexibility index (Phi) is 1.83. The Bertz CT molecular complexity index is 76.6. The molecule has 1 aliphatic rings. The zero-order valence-electron chi connectivity index (χ0n) is 5.18. The molecule has 0 aliphatic heterocycles. The Morgan fingerprint density at radius 2 is 1.88 bits per heavy atom.